The molecule has 0 atom stereocenters. The number of hydrogen-bond donors (Lipinski definition) is 1. The van der Waals surface area contributed by atoms with Crippen LogP contribution in [-0.4, -0.2) is 31.5 Å². The fourth-order valence-electron chi connectivity index (χ4n) is 2.57. The Morgan fingerprint density at radius 1 is 1.07 bits per heavy atom. The first-order chi connectivity index (χ1) is 13.0. The lowest BCUT2D eigenvalue weighted by molar-refractivity contribution is -0.117. The highest BCUT2D eigenvalue weighted by Crippen LogP contribution is 2.23. The quantitative estimate of drug-likeness (QED) is 0.499. The maximum Gasteiger partial charge on any atom is 0.338 e. The van der Waals surface area contributed by atoms with Crippen LogP contribution in [-0.2, 0) is 14.3 Å². The molecule has 7 nitrogen and oxygen atoms in total. The molecule has 2 amide bonds. The van der Waals surface area contributed by atoms with Crippen LogP contribution in [0.15, 0.2) is 54.1 Å². The van der Waals surface area contributed by atoms with Gasteiger partial charge in [0.05, 0.1) is 25.0 Å². The SMILES string of the molecule is CCOC(=O)c1ccc(N2NC(=O)/C(=C\c3ccc(OC)cc3)C2=O)cc1. The fourth-order valence-corrected chi connectivity index (χ4v) is 2.57. The smallest absolute Gasteiger partial charge is 0.338 e. The van der Waals surface area contributed by atoms with E-state index in [-0.39, 0.29) is 12.2 Å². The Morgan fingerprint density at radius 3 is 2.33 bits per heavy atom. The molecule has 1 aliphatic rings. The molecule has 0 bridgehead atoms. The third-order valence-corrected chi connectivity index (χ3v) is 3.95. The molecule has 27 heavy (non-hydrogen) atoms. The largest absolute Gasteiger partial charge is 0.497 e. The standard InChI is InChI=1S/C20H18N2O5/c1-3-27-20(25)14-6-8-15(9-7-14)22-19(24)17(18(23)21-22)12-13-4-10-16(26-2)11-5-13/h4-12H,3H2,1-2H3,(H,21,23)/b17-12+. The number of nitrogens with zero attached hydrogens (tertiary/aromatic N) is 1. The lowest BCUT2D eigenvalue weighted by Crippen LogP contribution is -2.35. The highest BCUT2D eigenvalue weighted by molar-refractivity contribution is 6.31. The third-order valence-electron chi connectivity index (χ3n) is 3.95. The number of carbonyl (C=O) groups is 3. The first-order valence-corrected chi connectivity index (χ1v) is 8.32. The normalized spacial score (nSPS) is 15.0. The van der Waals surface area contributed by atoms with Gasteiger partial charge >= 0.3 is 5.97 Å². The molecule has 1 heterocycles. The first-order valence-electron chi connectivity index (χ1n) is 8.32. The summed E-state index contributed by atoms with van der Waals surface area (Å²) < 4.78 is 10.0. The number of hydrogen-bond acceptors (Lipinski definition) is 5. The molecule has 0 spiro atoms. The van der Waals surface area contributed by atoms with Crippen LogP contribution in [0.2, 0.25) is 0 Å². The summed E-state index contributed by atoms with van der Waals surface area (Å²) in [7, 11) is 1.56. The number of anilines is 1. The van der Waals surface area contributed by atoms with Gasteiger partial charge in [-0.15, -0.1) is 0 Å². The fraction of sp³-hybridized carbons (Fsp3) is 0.150. The minimum atomic E-state index is -0.495. The van der Waals surface area contributed by atoms with E-state index in [0.29, 0.717) is 22.6 Å². The average molecular weight is 366 g/mol. The second-order valence-corrected chi connectivity index (χ2v) is 5.68. The topological polar surface area (TPSA) is 84.9 Å². The molecule has 138 valence electrons. The van der Waals surface area contributed by atoms with Crippen molar-refractivity contribution in [2.24, 2.45) is 0 Å². The van der Waals surface area contributed by atoms with Gasteiger partial charge in [0.1, 0.15) is 11.3 Å². The Bertz CT molecular complexity index is 901. The van der Waals surface area contributed by atoms with Gasteiger partial charge < -0.3 is 9.47 Å². The zero-order valence-electron chi connectivity index (χ0n) is 14.9. The molecule has 1 fully saturated rings. The van der Waals surface area contributed by atoms with Gasteiger partial charge in [0.15, 0.2) is 0 Å². The van der Waals surface area contributed by atoms with Crippen LogP contribution >= 0.6 is 0 Å². The van der Waals surface area contributed by atoms with E-state index in [4.69, 9.17) is 9.47 Å². The summed E-state index contributed by atoms with van der Waals surface area (Å²) in [5, 5.41) is 1.15. The molecule has 1 saturated heterocycles. The summed E-state index contributed by atoms with van der Waals surface area (Å²) in [5.41, 5.74) is 4.06. The zero-order chi connectivity index (χ0) is 19.4. The van der Waals surface area contributed by atoms with Gasteiger partial charge in [-0.05, 0) is 55.0 Å². The number of nitrogens with one attached hydrogen (secondary N) is 1. The van der Waals surface area contributed by atoms with E-state index in [1.54, 1.807) is 50.4 Å². The van der Waals surface area contributed by atoms with E-state index in [1.807, 2.05) is 0 Å². The van der Waals surface area contributed by atoms with Gasteiger partial charge in [-0.3, -0.25) is 15.0 Å². The highest BCUT2D eigenvalue weighted by Gasteiger charge is 2.34. The number of benzene rings is 2. The van der Waals surface area contributed by atoms with Crippen LogP contribution in [0.1, 0.15) is 22.8 Å². The van der Waals surface area contributed by atoms with E-state index in [1.165, 1.54) is 18.2 Å². The predicted molar refractivity (Wildman–Crippen MR) is 99.0 cm³/mol. The van der Waals surface area contributed by atoms with Crippen molar-refractivity contribution in [1.82, 2.24) is 5.43 Å². The molecule has 2 aromatic carbocycles. The minimum absolute atomic E-state index is 0.0228. The summed E-state index contributed by atoms with van der Waals surface area (Å²) in [6.45, 7) is 2.00. The lowest BCUT2D eigenvalue weighted by Gasteiger charge is -2.14. The number of hydrazine groups is 1. The molecule has 1 N–H and O–H groups in total. The van der Waals surface area contributed by atoms with Gasteiger partial charge in [-0.2, -0.15) is 0 Å². The summed E-state index contributed by atoms with van der Waals surface area (Å²) in [4.78, 5) is 36.5. The van der Waals surface area contributed by atoms with E-state index >= 15 is 0 Å². The molecular weight excluding hydrogens is 348 g/mol. The van der Waals surface area contributed by atoms with Gasteiger partial charge in [0, 0.05) is 0 Å². The molecule has 0 aliphatic carbocycles. The summed E-state index contributed by atoms with van der Waals surface area (Å²) in [6, 6.07) is 13.2. The van der Waals surface area contributed by atoms with Gasteiger partial charge in [-0.25, -0.2) is 9.80 Å². The minimum Gasteiger partial charge on any atom is -0.497 e. The maximum atomic E-state index is 12.6. The average Bonchev–Trinajstić information content (AvgIpc) is 2.97. The van der Waals surface area contributed by atoms with E-state index < -0.39 is 17.8 Å². The summed E-state index contributed by atoms with van der Waals surface area (Å²) >= 11 is 0. The summed E-state index contributed by atoms with van der Waals surface area (Å²) in [5.74, 6) is -0.728. The Hall–Kier alpha value is -3.61. The highest BCUT2D eigenvalue weighted by atomic mass is 16.5. The number of methoxy groups -OCH3 is 1. The van der Waals surface area contributed by atoms with Crippen molar-refractivity contribution in [2.75, 3.05) is 18.7 Å². The monoisotopic (exact) mass is 366 g/mol. The molecular formula is C20H18N2O5. The van der Waals surface area contributed by atoms with E-state index in [9.17, 15) is 14.4 Å². The van der Waals surface area contributed by atoms with Crippen molar-refractivity contribution in [1.29, 1.82) is 0 Å². The Balaban J connectivity index is 1.81. The van der Waals surface area contributed by atoms with Crippen LogP contribution in [0.25, 0.3) is 6.08 Å². The second kappa shape index (κ2) is 7.74. The summed E-state index contributed by atoms with van der Waals surface area (Å²) in [6.07, 6.45) is 1.52. The second-order valence-electron chi connectivity index (χ2n) is 5.68. The van der Waals surface area contributed by atoms with Crippen molar-refractivity contribution in [3.63, 3.8) is 0 Å². The van der Waals surface area contributed by atoms with Crippen molar-refractivity contribution in [3.05, 3.63) is 65.2 Å². The van der Waals surface area contributed by atoms with Crippen LogP contribution in [0.5, 0.6) is 5.75 Å². The van der Waals surface area contributed by atoms with Crippen molar-refractivity contribution in [2.45, 2.75) is 6.92 Å². The number of ether oxygens (including phenoxy) is 2. The Kier molecular flexibility index (Phi) is 5.21. The predicted octanol–water partition coefficient (Wildman–Crippen LogP) is 2.33. The number of amides is 2. The Labute approximate surface area is 156 Å². The maximum absolute atomic E-state index is 12.6. The zero-order valence-corrected chi connectivity index (χ0v) is 14.9. The van der Waals surface area contributed by atoms with Crippen molar-refractivity contribution in [3.8, 4) is 5.75 Å². The molecule has 7 heteroatoms. The molecule has 2 aromatic rings. The van der Waals surface area contributed by atoms with Gasteiger partial charge in [0.25, 0.3) is 11.8 Å². The van der Waals surface area contributed by atoms with Crippen LogP contribution in [0.3, 0.4) is 0 Å². The molecule has 1 aliphatic heterocycles. The van der Waals surface area contributed by atoms with Crippen molar-refractivity contribution < 1.29 is 23.9 Å². The molecule has 3 rings (SSSR count). The molecule has 0 unspecified atom stereocenters. The van der Waals surface area contributed by atoms with E-state index in [0.717, 1.165) is 5.01 Å². The first kappa shape index (κ1) is 18.2. The lowest BCUT2D eigenvalue weighted by atomic mass is 10.1. The Morgan fingerprint density at radius 2 is 1.74 bits per heavy atom. The van der Waals surface area contributed by atoms with Crippen LogP contribution in [0, 0.1) is 0 Å². The number of rotatable bonds is 5. The van der Waals surface area contributed by atoms with Gasteiger partial charge in [-0.1, -0.05) is 12.1 Å². The molecule has 0 saturated carbocycles. The molecule has 0 aromatic heterocycles. The van der Waals surface area contributed by atoms with Crippen LogP contribution in [0.4, 0.5) is 5.69 Å². The number of carbonyl (C=O) groups excluding carboxylic acids is 3. The van der Waals surface area contributed by atoms with Gasteiger partial charge in [0.2, 0.25) is 0 Å². The van der Waals surface area contributed by atoms with Crippen LogP contribution < -0.4 is 15.2 Å². The molecule has 0 radical (unpaired) electrons. The third kappa shape index (κ3) is 3.82. The van der Waals surface area contributed by atoms with E-state index in [2.05, 4.69) is 5.43 Å². The number of esters is 1. The van der Waals surface area contributed by atoms with Crippen molar-refractivity contribution >= 4 is 29.5 Å².